The van der Waals surface area contributed by atoms with E-state index in [9.17, 15) is 9.90 Å². The van der Waals surface area contributed by atoms with Crippen molar-refractivity contribution >= 4 is 11.6 Å². The van der Waals surface area contributed by atoms with Crippen LogP contribution in [0, 0.1) is 5.41 Å². The van der Waals surface area contributed by atoms with Gasteiger partial charge in [0.1, 0.15) is 6.04 Å². The maximum atomic E-state index is 12.1. The third-order valence-electron chi connectivity index (χ3n) is 3.45. The highest BCUT2D eigenvalue weighted by molar-refractivity contribution is 5.87. The van der Waals surface area contributed by atoms with Crippen LogP contribution in [0.4, 0.5) is 5.69 Å². The number of amides is 1. The molecule has 4 nitrogen and oxygen atoms in total. The predicted molar refractivity (Wildman–Crippen MR) is 80.6 cm³/mol. The molecule has 0 spiro atoms. The summed E-state index contributed by atoms with van der Waals surface area (Å²) in [6, 6.07) is 7.73. The minimum Gasteiger partial charge on any atom is -0.391 e. The third kappa shape index (κ3) is 3.97. The van der Waals surface area contributed by atoms with Crippen LogP contribution in [0.25, 0.3) is 0 Å². The van der Waals surface area contributed by atoms with Crippen molar-refractivity contribution in [3.63, 3.8) is 0 Å². The highest BCUT2D eigenvalue weighted by Gasteiger charge is 2.26. The zero-order valence-corrected chi connectivity index (χ0v) is 12.4. The van der Waals surface area contributed by atoms with Gasteiger partial charge in [-0.15, -0.1) is 0 Å². The molecule has 1 unspecified atom stereocenters. The summed E-state index contributed by atoms with van der Waals surface area (Å²) in [4.78, 5) is 12.1. The average molecular weight is 276 g/mol. The molecule has 0 bridgehead atoms. The van der Waals surface area contributed by atoms with Gasteiger partial charge in [0.05, 0.1) is 6.10 Å². The monoisotopic (exact) mass is 276 g/mol. The van der Waals surface area contributed by atoms with E-state index in [2.05, 4.69) is 31.4 Å². The van der Waals surface area contributed by atoms with E-state index < -0.39 is 6.10 Å². The van der Waals surface area contributed by atoms with E-state index in [1.54, 1.807) is 0 Å². The van der Waals surface area contributed by atoms with Crippen LogP contribution in [-0.4, -0.2) is 29.7 Å². The van der Waals surface area contributed by atoms with Gasteiger partial charge in [-0.05, 0) is 23.5 Å². The van der Waals surface area contributed by atoms with Crippen LogP contribution < -0.4 is 10.6 Å². The number of aliphatic hydroxyl groups is 1. The first-order valence-electron chi connectivity index (χ1n) is 7.15. The maximum Gasteiger partial charge on any atom is 0.242 e. The first-order chi connectivity index (χ1) is 9.35. The maximum absolute atomic E-state index is 12.1. The van der Waals surface area contributed by atoms with E-state index in [1.165, 1.54) is 5.56 Å². The topological polar surface area (TPSA) is 61.4 Å². The number of fused-ring (bicyclic) bond motifs is 1. The Morgan fingerprint density at radius 3 is 2.80 bits per heavy atom. The molecule has 0 aromatic heterocycles. The van der Waals surface area contributed by atoms with Gasteiger partial charge in [0, 0.05) is 18.7 Å². The highest BCUT2D eigenvalue weighted by Crippen LogP contribution is 2.25. The summed E-state index contributed by atoms with van der Waals surface area (Å²) >= 11 is 0. The van der Waals surface area contributed by atoms with Crippen molar-refractivity contribution < 1.29 is 9.90 Å². The zero-order chi connectivity index (χ0) is 14.8. The number of para-hydroxylation sites is 1. The van der Waals surface area contributed by atoms with E-state index in [0.717, 1.165) is 5.69 Å². The quantitative estimate of drug-likeness (QED) is 0.787. The molecule has 0 saturated carbocycles. The molecular formula is C16H24N2O2. The van der Waals surface area contributed by atoms with E-state index >= 15 is 0 Å². The fraction of sp³-hybridized carbons (Fsp3) is 0.562. The van der Waals surface area contributed by atoms with Gasteiger partial charge >= 0.3 is 0 Å². The summed E-state index contributed by atoms with van der Waals surface area (Å²) in [6.45, 7) is 6.54. The minimum atomic E-state index is -0.497. The minimum absolute atomic E-state index is 0.0471. The second-order valence-electron chi connectivity index (χ2n) is 6.72. The smallest absolute Gasteiger partial charge is 0.242 e. The second-order valence-corrected chi connectivity index (χ2v) is 6.72. The van der Waals surface area contributed by atoms with Gasteiger partial charge in [-0.2, -0.15) is 0 Å². The second kappa shape index (κ2) is 5.83. The number of nitrogens with one attached hydrogen (secondary N) is 2. The van der Waals surface area contributed by atoms with Gasteiger partial charge in [0.25, 0.3) is 0 Å². The van der Waals surface area contributed by atoms with Gasteiger partial charge in [-0.3, -0.25) is 4.79 Å². The Kier molecular flexibility index (Phi) is 4.33. The van der Waals surface area contributed by atoms with Crippen LogP contribution in [0.5, 0.6) is 0 Å². The highest BCUT2D eigenvalue weighted by atomic mass is 16.3. The molecule has 1 aliphatic heterocycles. The molecule has 1 aromatic carbocycles. The lowest BCUT2D eigenvalue weighted by Crippen LogP contribution is -2.42. The molecule has 20 heavy (non-hydrogen) atoms. The molecule has 2 atom stereocenters. The summed E-state index contributed by atoms with van der Waals surface area (Å²) in [5, 5.41) is 16.0. The van der Waals surface area contributed by atoms with Crippen LogP contribution in [0.15, 0.2) is 24.3 Å². The fourth-order valence-corrected chi connectivity index (χ4v) is 2.58. The first-order valence-corrected chi connectivity index (χ1v) is 7.15. The van der Waals surface area contributed by atoms with Gasteiger partial charge in [0.15, 0.2) is 0 Å². The molecule has 3 N–H and O–H groups in total. The molecule has 1 amide bonds. The summed E-state index contributed by atoms with van der Waals surface area (Å²) in [5.74, 6) is -0.0471. The van der Waals surface area contributed by atoms with Crippen LogP contribution in [-0.2, 0) is 11.2 Å². The third-order valence-corrected chi connectivity index (χ3v) is 3.45. The Morgan fingerprint density at radius 1 is 1.45 bits per heavy atom. The molecule has 0 radical (unpaired) electrons. The van der Waals surface area contributed by atoms with E-state index in [-0.39, 0.29) is 17.4 Å². The normalized spacial score (nSPS) is 19.1. The number of hydrogen-bond acceptors (Lipinski definition) is 3. The summed E-state index contributed by atoms with van der Waals surface area (Å²) in [6.07, 6.45) is 0.880. The molecule has 1 aromatic rings. The number of carbonyl (C=O) groups is 1. The van der Waals surface area contributed by atoms with E-state index in [1.807, 2.05) is 24.3 Å². The molecule has 0 fully saturated rings. The largest absolute Gasteiger partial charge is 0.391 e. The lowest BCUT2D eigenvalue weighted by Gasteiger charge is -2.23. The van der Waals surface area contributed by atoms with Crippen molar-refractivity contribution in [1.29, 1.82) is 0 Å². The van der Waals surface area contributed by atoms with Crippen LogP contribution in [0.1, 0.15) is 32.8 Å². The molecule has 1 heterocycles. The van der Waals surface area contributed by atoms with Gasteiger partial charge in [0.2, 0.25) is 5.91 Å². The van der Waals surface area contributed by atoms with E-state index in [4.69, 9.17) is 0 Å². The Morgan fingerprint density at radius 2 is 2.15 bits per heavy atom. The first kappa shape index (κ1) is 14.9. The van der Waals surface area contributed by atoms with E-state index in [0.29, 0.717) is 19.4 Å². The van der Waals surface area contributed by atoms with Crippen molar-refractivity contribution in [2.24, 2.45) is 5.41 Å². The Bertz CT molecular complexity index is 455. The number of rotatable bonds is 4. The van der Waals surface area contributed by atoms with Crippen molar-refractivity contribution in [2.45, 2.75) is 45.8 Å². The summed E-state index contributed by atoms with van der Waals surface area (Å²) < 4.78 is 0. The molecule has 1 aliphatic rings. The fourth-order valence-electron chi connectivity index (χ4n) is 2.58. The number of carbonyl (C=O) groups excluding carboxylic acids is 1. The van der Waals surface area contributed by atoms with Crippen LogP contribution >= 0.6 is 0 Å². The molecule has 0 aliphatic carbocycles. The van der Waals surface area contributed by atoms with Crippen molar-refractivity contribution in [3.8, 4) is 0 Å². The Balaban J connectivity index is 1.80. The number of hydrogen-bond donors (Lipinski definition) is 3. The predicted octanol–water partition coefficient (Wildman–Crippen LogP) is 1.94. The average Bonchev–Trinajstić information content (AvgIpc) is 2.77. The van der Waals surface area contributed by atoms with Crippen LogP contribution in [0.3, 0.4) is 0 Å². The van der Waals surface area contributed by atoms with Gasteiger partial charge in [-0.1, -0.05) is 39.0 Å². The SMILES string of the molecule is CC(C)(C)CC(O)CNC(=O)[C@@H]1Cc2ccccc2N1. The van der Waals surface area contributed by atoms with Crippen molar-refractivity contribution in [1.82, 2.24) is 5.32 Å². The van der Waals surface area contributed by atoms with Crippen molar-refractivity contribution in [3.05, 3.63) is 29.8 Å². The molecule has 2 rings (SSSR count). The Labute approximate surface area is 120 Å². The summed E-state index contributed by atoms with van der Waals surface area (Å²) in [5.41, 5.74) is 2.26. The number of aliphatic hydroxyl groups excluding tert-OH is 1. The molecule has 0 saturated heterocycles. The number of anilines is 1. The van der Waals surface area contributed by atoms with Crippen LogP contribution in [0.2, 0.25) is 0 Å². The lowest BCUT2D eigenvalue weighted by atomic mass is 9.89. The number of benzene rings is 1. The molecular weight excluding hydrogens is 252 g/mol. The summed E-state index contributed by atoms with van der Waals surface area (Å²) in [7, 11) is 0. The molecule has 110 valence electrons. The Hall–Kier alpha value is -1.55. The van der Waals surface area contributed by atoms with Gasteiger partial charge < -0.3 is 15.7 Å². The standard InChI is InChI=1S/C16H24N2O2/c1-16(2,3)9-12(19)10-17-15(20)14-8-11-6-4-5-7-13(11)18-14/h4-7,12,14,18-19H,8-10H2,1-3H3,(H,17,20)/t12?,14-/m0/s1. The molecule has 4 heteroatoms. The zero-order valence-electron chi connectivity index (χ0n) is 12.4. The van der Waals surface area contributed by atoms with Crippen molar-refractivity contribution in [2.75, 3.05) is 11.9 Å². The lowest BCUT2D eigenvalue weighted by molar-refractivity contribution is -0.122. The van der Waals surface area contributed by atoms with Gasteiger partial charge in [-0.25, -0.2) is 0 Å².